The number of nitrogen functional groups attached to an aromatic ring is 1. The molecule has 3 N–H and O–H groups in total. The fourth-order valence-electron chi connectivity index (χ4n) is 2.68. The first-order valence-electron chi connectivity index (χ1n) is 8.72. The van der Waals surface area contributed by atoms with Crippen LogP contribution in [0, 0.1) is 10.1 Å². The molecule has 2 aromatic heterocycles. The topological polar surface area (TPSA) is 180 Å². The largest absolute Gasteiger partial charge is 0.378 e. The van der Waals surface area contributed by atoms with Crippen molar-refractivity contribution in [1.29, 1.82) is 0 Å². The number of nitro benzene ring substituents is 1. The van der Waals surface area contributed by atoms with E-state index in [1.165, 1.54) is 30.5 Å². The standard InChI is InChI=1S/C18H13N9O4/c19-16-17(24-31-23-16)26-15(12-6-8-13(9-7-12)27(29)30)14(21-25-26)18(28)22-20-10-11-4-2-1-3-5-11/h1-10H,(H2,19,23)(H,22,28). The number of anilines is 1. The Hall–Kier alpha value is -4.94. The molecule has 0 saturated heterocycles. The Balaban J connectivity index is 1.71. The first-order valence-corrected chi connectivity index (χ1v) is 8.72. The molecule has 0 bridgehead atoms. The van der Waals surface area contributed by atoms with Gasteiger partial charge in [0.1, 0.15) is 5.69 Å². The summed E-state index contributed by atoms with van der Waals surface area (Å²) >= 11 is 0. The Bertz CT molecular complexity index is 1260. The third-order valence-corrected chi connectivity index (χ3v) is 4.11. The van der Waals surface area contributed by atoms with Gasteiger partial charge < -0.3 is 5.73 Å². The average Bonchev–Trinajstić information content (AvgIpc) is 3.40. The summed E-state index contributed by atoms with van der Waals surface area (Å²) in [6, 6.07) is 14.6. The molecule has 0 spiro atoms. The smallest absolute Gasteiger partial charge is 0.294 e. The highest BCUT2D eigenvalue weighted by Crippen LogP contribution is 2.28. The molecule has 4 rings (SSSR count). The molecule has 154 valence electrons. The van der Waals surface area contributed by atoms with Gasteiger partial charge in [-0.25, -0.2) is 10.1 Å². The second-order valence-electron chi connectivity index (χ2n) is 6.09. The predicted molar refractivity (Wildman–Crippen MR) is 107 cm³/mol. The molecule has 4 aromatic rings. The predicted octanol–water partition coefficient (Wildman–Crippen LogP) is 1.57. The summed E-state index contributed by atoms with van der Waals surface area (Å²) in [6.45, 7) is 0. The summed E-state index contributed by atoms with van der Waals surface area (Å²) in [5, 5.41) is 29.9. The lowest BCUT2D eigenvalue weighted by atomic mass is 10.1. The van der Waals surface area contributed by atoms with Gasteiger partial charge in [-0.15, -0.1) is 5.10 Å². The molecule has 13 heteroatoms. The number of nitrogens with zero attached hydrogens (tertiary/aromatic N) is 7. The Labute approximate surface area is 173 Å². The Morgan fingerprint density at radius 3 is 2.55 bits per heavy atom. The lowest BCUT2D eigenvalue weighted by Crippen LogP contribution is -2.19. The van der Waals surface area contributed by atoms with Crippen molar-refractivity contribution in [3.05, 3.63) is 76.0 Å². The van der Waals surface area contributed by atoms with Crippen LogP contribution in [-0.2, 0) is 0 Å². The third-order valence-electron chi connectivity index (χ3n) is 4.11. The van der Waals surface area contributed by atoms with Crippen molar-refractivity contribution in [3.63, 3.8) is 0 Å². The zero-order valence-electron chi connectivity index (χ0n) is 15.6. The van der Waals surface area contributed by atoms with Gasteiger partial charge in [-0.05, 0) is 28.0 Å². The van der Waals surface area contributed by atoms with Crippen molar-refractivity contribution in [1.82, 2.24) is 30.7 Å². The highest BCUT2D eigenvalue weighted by Gasteiger charge is 2.25. The van der Waals surface area contributed by atoms with Crippen LogP contribution in [0.15, 0.2) is 64.3 Å². The van der Waals surface area contributed by atoms with E-state index in [1.54, 1.807) is 0 Å². The first-order chi connectivity index (χ1) is 15.0. The van der Waals surface area contributed by atoms with Crippen LogP contribution >= 0.6 is 0 Å². The van der Waals surface area contributed by atoms with E-state index in [4.69, 9.17) is 5.73 Å². The van der Waals surface area contributed by atoms with E-state index >= 15 is 0 Å². The maximum absolute atomic E-state index is 12.7. The number of hydrogen-bond donors (Lipinski definition) is 2. The van der Waals surface area contributed by atoms with Crippen LogP contribution in [0.2, 0.25) is 0 Å². The van der Waals surface area contributed by atoms with Crippen molar-refractivity contribution < 1.29 is 14.3 Å². The molecule has 0 aliphatic carbocycles. The average molecular weight is 419 g/mol. The van der Waals surface area contributed by atoms with Crippen molar-refractivity contribution in [2.45, 2.75) is 0 Å². The van der Waals surface area contributed by atoms with Gasteiger partial charge >= 0.3 is 0 Å². The molecule has 0 radical (unpaired) electrons. The van der Waals surface area contributed by atoms with E-state index in [0.717, 1.165) is 10.2 Å². The van der Waals surface area contributed by atoms with E-state index < -0.39 is 10.8 Å². The second-order valence-corrected chi connectivity index (χ2v) is 6.09. The molecule has 13 nitrogen and oxygen atoms in total. The summed E-state index contributed by atoms with van der Waals surface area (Å²) in [5.41, 5.74) is 9.24. The maximum Gasteiger partial charge on any atom is 0.294 e. The number of rotatable bonds is 6. The van der Waals surface area contributed by atoms with Crippen LogP contribution in [0.3, 0.4) is 0 Å². The number of benzene rings is 2. The van der Waals surface area contributed by atoms with Crippen molar-refractivity contribution in [3.8, 4) is 17.1 Å². The molecule has 0 atom stereocenters. The van der Waals surface area contributed by atoms with E-state index in [0.29, 0.717) is 5.56 Å². The number of nitrogens with one attached hydrogen (secondary N) is 1. The first kappa shape index (κ1) is 19.4. The van der Waals surface area contributed by atoms with Gasteiger partial charge in [0.15, 0.2) is 5.69 Å². The van der Waals surface area contributed by atoms with Crippen LogP contribution in [0.5, 0.6) is 0 Å². The maximum atomic E-state index is 12.7. The number of carbonyl (C=O) groups is 1. The lowest BCUT2D eigenvalue weighted by Gasteiger charge is -2.05. The van der Waals surface area contributed by atoms with E-state index in [2.05, 4.69) is 35.8 Å². The fourth-order valence-corrected chi connectivity index (χ4v) is 2.68. The van der Waals surface area contributed by atoms with Crippen molar-refractivity contribution in [2.75, 3.05) is 5.73 Å². The molecule has 0 fully saturated rings. The normalized spacial score (nSPS) is 11.0. The van der Waals surface area contributed by atoms with Gasteiger partial charge in [0.2, 0.25) is 11.6 Å². The number of non-ortho nitro benzene ring substituents is 1. The summed E-state index contributed by atoms with van der Waals surface area (Å²) < 4.78 is 5.75. The van der Waals surface area contributed by atoms with Gasteiger partial charge in [-0.2, -0.15) is 9.78 Å². The van der Waals surface area contributed by atoms with Crippen LogP contribution in [-0.4, -0.2) is 42.4 Å². The lowest BCUT2D eigenvalue weighted by molar-refractivity contribution is -0.384. The van der Waals surface area contributed by atoms with E-state index in [1.807, 2.05) is 30.3 Å². The van der Waals surface area contributed by atoms with Gasteiger partial charge in [-0.3, -0.25) is 14.9 Å². The molecule has 0 saturated carbocycles. The molecule has 2 heterocycles. The van der Waals surface area contributed by atoms with Crippen LogP contribution < -0.4 is 11.2 Å². The molecule has 1 amide bonds. The molecular weight excluding hydrogens is 406 g/mol. The number of nitrogens with two attached hydrogens (primary N) is 1. The van der Waals surface area contributed by atoms with Gasteiger partial charge in [0, 0.05) is 17.7 Å². The Morgan fingerprint density at radius 2 is 1.90 bits per heavy atom. The number of hydrogen-bond acceptors (Lipinski definition) is 10. The Morgan fingerprint density at radius 1 is 1.16 bits per heavy atom. The SMILES string of the molecule is Nc1nonc1-n1nnc(C(=O)NN=Cc2ccccc2)c1-c1ccc([N+](=O)[O-])cc1. The molecule has 2 aromatic carbocycles. The minimum atomic E-state index is -0.665. The monoisotopic (exact) mass is 419 g/mol. The van der Waals surface area contributed by atoms with Gasteiger partial charge in [0.05, 0.1) is 11.1 Å². The fraction of sp³-hybridized carbons (Fsp3) is 0. The number of hydrazone groups is 1. The zero-order valence-corrected chi connectivity index (χ0v) is 15.6. The molecule has 0 aliphatic rings. The molecule has 0 aliphatic heterocycles. The summed E-state index contributed by atoms with van der Waals surface area (Å²) in [7, 11) is 0. The summed E-state index contributed by atoms with van der Waals surface area (Å²) in [6.07, 6.45) is 1.47. The summed E-state index contributed by atoms with van der Waals surface area (Å²) in [5.74, 6) is -0.739. The molecular formula is C18H13N9O4. The number of amides is 1. The quantitative estimate of drug-likeness (QED) is 0.266. The minimum Gasteiger partial charge on any atom is -0.378 e. The number of aromatic nitrogens is 5. The minimum absolute atomic E-state index is 0.00712. The van der Waals surface area contributed by atoms with Crippen LogP contribution in [0.1, 0.15) is 16.1 Å². The van der Waals surface area contributed by atoms with Gasteiger partial charge in [-0.1, -0.05) is 35.5 Å². The van der Waals surface area contributed by atoms with Crippen molar-refractivity contribution >= 4 is 23.6 Å². The van der Waals surface area contributed by atoms with Crippen LogP contribution in [0.4, 0.5) is 11.5 Å². The van der Waals surface area contributed by atoms with Gasteiger partial charge in [0.25, 0.3) is 11.6 Å². The van der Waals surface area contributed by atoms with Crippen LogP contribution in [0.25, 0.3) is 17.1 Å². The number of nitro groups is 1. The zero-order chi connectivity index (χ0) is 21.8. The Kier molecular flexibility index (Phi) is 5.13. The van der Waals surface area contributed by atoms with E-state index in [-0.39, 0.29) is 28.7 Å². The highest BCUT2D eigenvalue weighted by atomic mass is 16.6. The highest BCUT2D eigenvalue weighted by molar-refractivity contribution is 5.98. The summed E-state index contributed by atoms with van der Waals surface area (Å²) in [4.78, 5) is 23.2. The second kappa shape index (κ2) is 8.20. The molecule has 31 heavy (non-hydrogen) atoms. The molecule has 0 unspecified atom stereocenters. The number of carbonyl (C=O) groups excluding carboxylic acids is 1. The third kappa shape index (κ3) is 3.95. The van der Waals surface area contributed by atoms with Crippen molar-refractivity contribution in [2.24, 2.45) is 5.10 Å². The van der Waals surface area contributed by atoms with E-state index in [9.17, 15) is 14.9 Å².